The van der Waals surface area contributed by atoms with Gasteiger partial charge in [0.15, 0.2) is 0 Å². The largest absolute Gasteiger partial charge is 0.466 e. The van der Waals surface area contributed by atoms with Gasteiger partial charge in [0.25, 0.3) is 5.69 Å². The molecule has 1 atom stereocenters. The number of nitro benzene ring substituents is 1. The highest BCUT2D eigenvalue weighted by Crippen LogP contribution is 2.34. The van der Waals surface area contributed by atoms with Crippen LogP contribution in [-0.4, -0.2) is 55.6 Å². The van der Waals surface area contributed by atoms with Crippen molar-refractivity contribution >= 4 is 53.0 Å². The molecule has 1 unspecified atom stereocenters. The Morgan fingerprint density at radius 1 is 1.12 bits per heavy atom. The van der Waals surface area contributed by atoms with Crippen LogP contribution in [0.25, 0.3) is 0 Å². The summed E-state index contributed by atoms with van der Waals surface area (Å²) in [6.45, 7) is 11.4. The SMILES string of the molecule is CCCCN1CCN(c2cccc(Cl)c2Cl)CC1.COC(=O)C1=C(C)NC(C)=CC1c1cccc([N+](=O)[O-])c1.Cl. The smallest absolute Gasteiger partial charge is 0.336 e. The van der Waals surface area contributed by atoms with E-state index in [1.165, 1.54) is 38.6 Å². The third-order valence-corrected chi connectivity index (χ3v) is 7.64. The number of carbonyl (C=O) groups excluding carboxylic acids is 1. The van der Waals surface area contributed by atoms with Gasteiger partial charge in [-0.15, -0.1) is 12.4 Å². The van der Waals surface area contributed by atoms with Crippen LogP contribution < -0.4 is 10.2 Å². The Labute approximate surface area is 252 Å². The van der Waals surface area contributed by atoms with Crippen molar-refractivity contribution in [3.05, 3.63) is 91.2 Å². The monoisotopic (exact) mass is 610 g/mol. The maximum atomic E-state index is 12.0. The van der Waals surface area contributed by atoms with E-state index < -0.39 is 10.9 Å². The molecule has 0 aliphatic carbocycles. The van der Waals surface area contributed by atoms with Crippen molar-refractivity contribution in [2.45, 2.75) is 39.5 Å². The molecule has 0 bridgehead atoms. The number of esters is 1. The number of methoxy groups -OCH3 is 1. The van der Waals surface area contributed by atoms with E-state index >= 15 is 0 Å². The number of allylic oxidation sites excluding steroid dienone is 3. The molecular formula is C29H37Cl3N4O4. The van der Waals surface area contributed by atoms with Gasteiger partial charge >= 0.3 is 5.97 Å². The summed E-state index contributed by atoms with van der Waals surface area (Å²) in [7, 11) is 1.32. The first-order valence-corrected chi connectivity index (χ1v) is 13.8. The zero-order valence-corrected chi connectivity index (χ0v) is 25.6. The molecule has 0 spiro atoms. The average Bonchev–Trinajstić information content (AvgIpc) is 2.93. The maximum Gasteiger partial charge on any atom is 0.336 e. The lowest BCUT2D eigenvalue weighted by molar-refractivity contribution is -0.384. The minimum atomic E-state index is -0.449. The van der Waals surface area contributed by atoms with Crippen LogP contribution in [0.5, 0.6) is 0 Å². The van der Waals surface area contributed by atoms with Crippen LogP contribution in [0, 0.1) is 10.1 Å². The van der Waals surface area contributed by atoms with Gasteiger partial charge in [-0.1, -0.05) is 60.8 Å². The van der Waals surface area contributed by atoms with Crippen molar-refractivity contribution < 1.29 is 14.5 Å². The number of carbonyl (C=O) groups is 1. The third-order valence-electron chi connectivity index (χ3n) is 6.83. The van der Waals surface area contributed by atoms with E-state index in [2.05, 4.69) is 28.1 Å². The Bertz CT molecular complexity index is 1240. The highest BCUT2D eigenvalue weighted by molar-refractivity contribution is 6.43. The van der Waals surface area contributed by atoms with E-state index in [1.54, 1.807) is 19.1 Å². The van der Waals surface area contributed by atoms with Crippen LogP contribution >= 0.6 is 35.6 Å². The van der Waals surface area contributed by atoms with Gasteiger partial charge in [-0.3, -0.25) is 15.0 Å². The summed E-state index contributed by atoms with van der Waals surface area (Å²) < 4.78 is 4.82. The fourth-order valence-electron chi connectivity index (χ4n) is 4.79. The molecule has 2 aliphatic rings. The van der Waals surface area contributed by atoms with E-state index in [-0.39, 0.29) is 24.0 Å². The van der Waals surface area contributed by atoms with Gasteiger partial charge in [0, 0.05) is 55.6 Å². The second-order valence-electron chi connectivity index (χ2n) is 9.59. The average molecular weight is 612 g/mol. The van der Waals surface area contributed by atoms with Gasteiger partial charge in [-0.25, -0.2) is 4.79 Å². The molecule has 0 saturated carbocycles. The Morgan fingerprint density at radius 3 is 2.42 bits per heavy atom. The minimum Gasteiger partial charge on any atom is -0.466 e. The molecule has 2 aromatic carbocycles. The molecule has 218 valence electrons. The number of hydrogen-bond acceptors (Lipinski definition) is 7. The summed E-state index contributed by atoms with van der Waals surface area (Å²) in [6.07, 6.45) is 4.41. The second-order valence-corrected chi connectivity index (χ2v) is 10.4. The predicted molar refractivity (Wildman–Crippen MR) is 165 cm³/mol. The lowest BCUT2D eigenvalue weighted by Crippen LogP contribution is -2.46. The van der Waals surface area contributed by atoms with Crippen molar-refractivity contribution in [3.63, 3.8) is 0 Å². The van der Waals surface area contributed by atoms with E-state index in [0.29, 0.717) is 26.9 Å². The number of nitro groups is 1. The molecule has 2 heterocycles. The van der Waals surface area contributed by atoms with Crippen molar-refractivity contribution in [2.75, 3.05) is 44.7 Å². The van der Waals surface area contributed by atoms with Crippen molar-refractivity contribution in [3.8, 4) is 0 Å². The molecule has 1 N–H and O–H groups in total. The third kappa shape index (κ3) is 8.61. The number of ether oxygens (including phenoxy) is 1. The fourth-order valence-corrected chi connectivity index (χ4v) is 5.20. The molecule has 1 fully saturated rings. The number of anilines is 1. The van der Waals surface area contributed by atoms with Crippen molar-refractivity contribution in [1.29, 1.82) is 0 Å². The molecule has 4 rings (SSSR count). The maximum absolute atomic E-state index is 12.0. The summed E-state index contributed by atoms with van der Waals surface area (Å²) in [6, 6.07) is 12.1. The molecule has 0 amide bonds. The molecule has 2 aromatic rings. The number of piperazine rings is 1. The Hall–Kier alpha value is -2.78. The van der Waals surface area contributed by atoms with Crippen molar-refractivity contribution in [1.82, 2.24) is 10.2 Å². The number of nitrogens with one attached hydrogen (secondary N) is 1. The van der Waals surface area contributed by atoms with Crippen molar-refractivity contribution in [2.24, 2.45) is 0 Å². The molecule has 40 heavy (non-hydrogen) atoms. The number of nitrogens with zero attached hydrogens (tertiary/aromatic N) is 3. The van der Waals surface area contributed by atoms with E-state index in [1.807, 2.05) is 25.1 Å². The number of rotatable bonds is 7. The van der Waals surface area contributed by atoms with Gasteiger partial charge in [-0.2, -0.15) is 0 Å². The highest BCUT2D eigenvalue weighted by atomic mass is 35.5. The predicted octanol–water partition coefficient (Wildman–Crippen LogP) is 6.97. The molecule has 0 radical (unpaired) electrons. The minimum absolute atomic E-state index is 0. The molecule has 8 nitrogen and oxygen atoms in total. The first-order valence-electron chi connectivity index (χ1n) is 13.1. The number of hydrogen-bond donors (Lipinski definition) is 1. The molecule has 0 aromatic heterocycles. The summed E-state index contributed by atoms with van der Waals surface area (Å²) in [5, 5.41) is 15.3. The quantitative estimate of drug-likeness (QED) is 0.206. The van der Waals surface area contributed by atoms with Crippen LogP contribution in [-0.2, 0) is 9.53 Å². The summed E-state index contributed by atoms with van der Waals surface area (Å²) in [4.78, 5) is 27.3. The Morgan fingerprint density at radius 2 is 1.80 bits per heavy atom. The zero-order chi connectivity index (χ0) is 28.5. The molecular weight excluding hydrogens is 575 g/mol. The number of benzene rings is 2. The van der Waals surface area contributed by atoms with Crippen LogP contribution in [0.1, 0.15) is 45.1 Å². The van der Waals surface area contributed by atoms with Gasteiger partial charge < -0.3 is 15.0 Å². The number of dihydropyridines is 1. The summed E-state index contributed by atoms with van der Waals surface area (Å²) >= 11 is 12.3. The van der Waals surface area contributed by atoms with Crippen LogP contribution in [0.4, 0.5) is 11.4 Å². The van der Waals surface area contributed by atoms with Gasteiger partial charge in [-0.05, 0) is 44.5 Å². The van der Waals surface area contributed by atoms with Crippen LogP contribution in [0.15, 0.2) is 65.5 Å². The second kappa shape index (κ2) is 15.9. The van der Waals surface area contributed by atoms with E-state index in [9.17, 15) is 14.9 Å². The Balaban J connectivity index is 0.000000276. The van der Waals surface area contributed by atoms with Gasteiger partial charge in [0.05, 0.1) is 33.3 Å². The lowest BCUT2D eigenvalue weighted by Gasteiger charge is -2.36. The standard InChI is InChI=1S/C15H16N2O4.C14H20Cl2N2.ClH/c1-9-7-13(14(10(2)16-9)15(18)21-3)11-5-4-6-12(8-11)17(19)20;1-2-3-7-17-8-10-18(11-9-17)13-6-4-5-12(15)14(13)16;/h4-8,13,16H,1-3H3;4-6H,2-3,7-11H2,1H3;1H. The zero-order valence-electron chi connectivity index (χ0n) is 23.3. The first kappa shape index (κ1) is 33.4. The number of non-ortho nitro benzene ring substituents is 1. The number of halogens is 3. The molecule has 11 heteroatoms. The van der Waals surface area contributed by atoms with Gasteiger partial charge in [0.1, 0.15) is 0 Å². The van der Waals surface area contributed by atoms with E-state index in [4.69, 9.17) is 27.9 Å². The highest BCUT2D eigenvalue weighted by Gasteiger charge is 2.28. The molecule has 1 saturated heterocycles. The topological polar surface area (TPSA) is 88.0 Å². The van der Waals surface area contributed by atoms with Gasteiger partial charge in [0.2, 0.25) is 0 Å². The van der Waals surface area contributed by atoms with E-state index in [0.717, 1.165) is 37.6 Å². The normalized spacial score (nSPS) is 17.1. The Kier molecular flexibility index (Phi) is 13.3. The summed E-state index contributed by atoms with van der Waals surface area (Å²) in [5.41, 5.74) is 3.79. The molecule has 2 aliphatic heterocycles. The summed E-state index contributed by atoms with van der Waals surface area (Å²) in [5.74, 6) is -0.807. The van der Waals surface area contributed by atoms with Crippen LogP contribution in [0.3, 0.4) is 0 Å². The first-order chi connectivity index (χ1) is 18.7. The fraction of sp³-hybridized carbons (Fsp3) is 0.414. The number of unbranched alkanes of at least 4 members (excludes halogenated alkanes) is 1. The van der Waals surface area contributed by atoms with Crippen LogP contribution in [0.2, 0.25) is 10.0 Å². The lowest BCUT2D eigenvalue weighted by atomic mass is 9.86.